The van der Waals surface area contributed by atoms with Crippen LogP contribution in [0.5, 0.6) is 11.8 Å². The lowest BCUT2D eigenvalue weighted by Gasteiger charge is -2.39. The maximum atomic E-state index is 17.1. The summed E-state index contributed by atoms with van der Waals surface area (Å²) in [6, 6.07) is 5.48. The molecule has 3 aliphatic rings. The molecule has 4 aromatic rings. The van der Waals surface area contributed by atoms with Crippen LogP contribution in [0.4, 0.5) is 19.0 Å². The molecule has 2 atom stereocenters. The van der Waals surface area contributed by atoms with Crippen LogP contribution in [0.1, 0.15) is 78.2 Å². The predicted octanol–water partition coefficient (Wildman–Crippen LogP) is 7.36. The van der Waals surface area contributed by atoms with Gasteiger partial charge in [0.15, 0.2) is 5.82 Å². The lowest BCUT2D eigenvalue weighted by atomic mass is 9.88. The number of ether oxygens (including phenoxy) is 1. The lowest BCUT2D eigenvalue weighted by molar-refractivity contribution is -0.121. The average molecular weight is 743 g/mol. The van der Waals surface area contributed by atoms with Gasteiger partial charge >= 0.3 is 6.01 Å². The molecule has 2 aromatic heterocycles. The summed E-state index contributed by atoms with van der Waals surface area (Å²) in [6.07, 6.45) is 11.0. The molecule has 1 aliphatic carbocycles. The molecule has 2 N–H and O–H groups in total. The summed E-state index contributed by atoms with van der Waals surface area (Å²) in [6.45, 7) is 11.8. The summed E-state index contributed by atoms with van der Waals surface area (Å²) < 4.78 is 52.2. The topological polar surface area (TPSA) is 104 Å². The Morgan fingerprint density at radius 2 is 1.91 bits per heavy atom. The first kappa shape index (κ1) is 37.8. The first-order chi connectivity index (χ1) is 25.7. The molecule has 286 valence electrons. The summed E-state index contributed by atoms with van der Waals surface area (Å²) >= 11 is 0. The van der Waals surface area contributed by atoms with Gasteiger partial charge < -0.3 is 25.0 Å². The van der Waals surface area contributed by atoms with Crippen LogP contribution in [0.2, 0.25) is 0 Å². The second kappa shape index (κ2) is 15.0. The van der Waals surface area contributed by atoms with E-state index in [2.05, 4.69) is 58.7 Å². The van der Waals surface area contributed by atoms with Gasteiger partial charge in [-0.05, 0) is 68.0 Å². The van der Waals surface area contributed by atoms with E-state index in [1.807, 2.05) is 0 Å². The number of hydrogen-bond donors (Lipinski definition) is 2. The van der Waals surface area contributed by atoms with Gasteiger partial charge in [0.2, 0.25) is 0 Å². The number of hydrogen-bond acceptors (Lipinski definition) is 9. The van der Waals surface area contributed by atoms with E-state index in [0.29, 0.717) is 81.5 Å². The molecular weight excluding hydrogens is 693 g/mol. The highest BCUT2D eigenvalue weighted by atomic mass is 19.1. The number of alkyl halides is 1. The first-order valence-electron chi connectivity index (χ1n) is 19.0. The minimum atomic E-state index is -0.789. The number of ketones is 1. The Labute approximate surface area is 314 Å². The lowest BCUT2D eigenvalue weighted by Crippen LogP contribution is -2.56. The second-order valence-corrected chi connectivity index (χ2v) is 16.9. The van der Waals surface area contributed by atoms with E-state index >= 15 is 4.39 Å². The number of fused-ring (bicyclic) bond motifs is 2. The zero-order valence-corrected chi connectivity index (χ0v) is 31.5. The van der Waals surface area contributed by atoms with Crippen LogP contribution < -0.4 is 15.0 Å². The van der Waals surface area contributed by atoms with Gasteiger partial charge in [-0.25, -0.2) is 13.2 Å². The van der Waals surface area contributed by atoms with Crippen molar-refractivity contribution < 1.29 is 27.8 Å². The fraction of sp³-hybridized carbons (Fsp3) is 0.524. The van der Waals surface area contributed by atoms with Crippen LogP contribution in [-0.2, 0) is 4.79 Å². The van der Waals surface area contributed by atoms with Crippen LogP contribution in [0.25, 0.3) is 32.9 Å². The minimum absolute atomic E-state index is 0.0153. The molecule has 0 amide bonds. The van der Waals surface area contributed by atoms with Crippen LogP contribution in [0.15, 0.2) is 30.5 Å². The number of Topliss-reactive ketones (excluding diaryl/α,β-unsaturated/α-hetero) is 1. The number of phenols is 1. The number of anilines is 1. The molecule has 1 saturated carbocycles. The van der Waals surface area contributed by atoms with Crippen molar-refractivity contribution in [1.29, 1.82) is 0 Å². The van der Waals surface area contributed by atoms with E-state index in [1.54, 1.807) is 0 Å². The Balaban J connectivity index is 1.26. The molecule has 3 fully saturated rings. The number of piperidine rings is 1. The number of phenolic OH excluding ortho intramolecular Hbond substituents is 1. The van der Waals surface area contributed by atoms with Crippen molar-refractivity contribution in [3.05, 3.63) is 47.7 Å². The number of piperazine rings is 1. The molecule has 54 heavy (non-hydrogen) atoms. The number of benzene rings is 2. The number of likely N-dealkylation sites (tertiary alicyclic amines) is 1. The zero-order valence-electron chi connectivity index (χ0n) is 31.5. The Morgan fingerprint density at radius 1 is 1.15 bits per heavy atom. The molecule has 2 aromatic carbocycles. The highest BCUT2D eigenvalue weighted by molar-refractivity contribution is 6.03. The summed E-state index contributed by atoms with van der Waals surface area (Å²) in [5.41, 5.74) is -0.330. The van der Waals surface area contributed by atoms with E-state index in [1.165, 1.54) is 30.5 Å². The molecule has 2 unspecified atom stereocenters. The van der Waals surface area contributed by atoms with Gasteiger partial charge in [-0.15, -0.1) is 6.42 Å². The van der Waals surface area contributed by atoms with E-state index < -0.39 is 17.8 Å². The SMILES string of the molecule is C#Cc1c(F)ccc2cc(O)cc(-c3ncc4c(N5CC(C)NC(CCC(=O)CC(C)(C)C)C5)nc(OCC5(CN6CCC(F)CC6)CC5)nc4c3F)c12. The van der Waals surface area contributed by atoms with Gasteiger partial charge in [-0.1, -0.05) is 32.8 Å². The summed E-state index contributed by atoms with van der Waals surface area (Å²) in [5, 5.41) is 15.3. The number of aromatic nitrogens is 3. The smallest absolute Gasteiger partial charge is 0.319 e. The van der Waals surface area contributed by atoms with Crippen LogP contribution in [-0.4, -0.2) is 88.3 Å². The zero-order chi connectivity index (χ0) is 38.4. The van der Waals surface area contributed by atoms with E-state index in [4.69, 9.17) is 16.1 Å². The fourth-order valence-corrected chi connectivity index (χ4v) is 8.09. The van der Waals surface area contributed by atoms with E-state index in [-0.39, 0.29) is 68.2 Å². The van der Waals surface area contributed by atoms with Crippen LogP contribution in [0, 0.1) is 34.8 Å². The predicted molar refractivity (Wildman–Crippen MR) is 204 cm³/mol. The number of terminal acetylenes is 1. The quantitative estimate of drug-likeness (QED) is 0.153. The van der Waals surface area contributed by atoms with Crippen molar-refractivity contribution in [2.24, 2.45) is 10.8 Å². The van der Waals surface area contributed by atoms with E-state index in [9.17, 15) is 18.7 Å². The highest BCUT2D eigenvalue weighted by Gasteiger charge is 2.45. The molecule has 12 heteroatoms. The normalized spacial score (nSPS) is 20.7. The molecule has 0 bridgehead atoms. The van der Waals surface area contributed by atoms with Gasteiger partial charge in [0.1, 0.15) is 40.6 Å². The Morgan fingerprint density at radius 3 is 2.61 bits per heavy atom. The summed E-state index contributed by atoms with van der Waals surface area (Å²) in [4.78, 5) is 31.2. The van der Waals surface area contributed by atoms with Gasteiger partial charge in [0, 0.05) is 80.2 Å². The first-order valence-corrected chi connectivity index (χ1v) is 19.0. The van der Waals surface area contributed by atoms with Crippen molar-refractivity contribution in [3.63, 3.8) is 0 Å². The minimum Gasteiger partial charge on any atom is -0.508 e. The number of rotatable bonds is 11. The van der Waals surface area contributed by atoms with Crippen molar-refractivity contribution >= 4 is 33.3 Å². The number of halogens is 3. The van der Waals surface area contributed by atoms with Crippen molar-refractivity contribution in [2.75, 3.05) is 44.2 Å². The molecule has 0 spiro atoms. The van der Waals surface area contributed by atoms with Crippen molar-refractivity contribution in [3.8, 4) is 35.4 Å². The van der Waals surface area contributed by atoms with E-state index in [0.717, 1.165) is 19.4 Å². The molecule has 7 rings (SSSR count). The van der Waals surface area contributed by atoms with Crippen molar-refractivity contribution in [2.45, 2.75) is 90.9 Å². The number of carbonyl (C=O) groups is 1. The Kier molecular flexibility index (Phi) is 10.5. The Hall–Kier alpha value is -4.47. The third-order valence-electron chi connectivity index (χ3n) is 10.9. The number of nitrogens with one attached hydrogen (secondary N) is 1. The molecule has 2 saturated heterocycles. The Bertz CT molecular complexity index is 2100. The maximum absolute atomic E-state index is 17.1. The van der Waals surface area contributed by atoms with Gasteiger partial charge in [0.05, 0.1) is 17.6 Å². The largest absolute Gasteiger partial charge is 0.508 e. The number of carbonyl (C=O) groups excluding carboxylic acids is 1. The maximum Gasteiger partial charge on any atom is 0.319 e. The molecule has 9 nitrogen and oxygen atoms in total. The average Bonchev–Trinajstić information content (AvgIpc) is 3.89. The van der Waals surface area contributed by atoms with Crippen LogP contribution >= 0.6 is 0 Å². The monoisotopic (exact) mass is 742 g/mol. The molecule has 4 heterocycles. The number of nitrogens with zero attached hydrogens (tertiary/aromatic N) is 5. The number of pyridine rings is 1. The van der Waals surface area contributed by atoms with Gasteiger partial charge in [-0.3, -0.25) is 9.78 Å². The number of aromatic hydroxyl groups is 1. The van der Waals surface area contributed by atoms with Crippen molar-refractivity contribution in [1.82, 2.24) is 25.2 Å². The molecule has 0 radical (unpaired) electrons. The van der Waals surface area contributed by atoms with Gasteiger partial charge in [0.25, 0.3) is 0 Å². The summed E-state index contributed by atoms with van der Waals surface area (Å²) in [7, 11) is 0. The highest BCUT2D eigenvalue weighted by Crippen LogP contribution is 2.47. The third kappa shape index (κ3) is 8.27. The molecule has 2 aliphatic heterocycles. The summed E-state index contributed by atoms with van der Waals surface area (Å²) in [5.74, 6) is 1.46. The van der Waals surface area contributed by atoms with Crippen LogP contribution in [0.3, 0.4) is 0 Å². The fourth-order valence-electron chi connectivity index (χ4n) is 8.09. The molecular formula is C42H49F3N6O3. The standard InChI is InChI=1S/C42H49F3N6O3/c1-6-31-34(44)10-7-26-17-30(53)18-32(35(26)31)37-36(45)38-33(20-46-37)39(51-21-25(2)47-28(22-51)8-9-29(52)19-41(3,4)5)49-40(48-38)54-24-42(13-14-42)23-50-15-11-27(43)12-16-50/h1,7,10,17-18,20,25,27-28,47,53H,8-9,11-16,19,21-24H2,2-5H3. The van der Waals surface area contributed by atoms with Gasteiger partial charge in [-0.2, -0.15) is 9.97 Å². The third-order valence-corrected chi connectivity index (χ3v) is 10.9. The second-order valence-electron chi connectivity index (χ2n) is 16.9.